The fourth-order valence-corrected chi connectivity index (χ4v) is 5.67. The van der Waals surface area contributed by atoms with Gasteiger partial charge in [-0.3, -0.25) is 4.55 Å². The van der Waals surface area contributed by atoms with E-state index in [0.717, 1.165) is 12.8 Å². The van der Waals surface area contributed by atoms with Crippen molar-refractivity contribution in [2.24, 2.45) is 10.2 Å². The maximum absolute atomic E-state index is 12.0. The van der Waals surface area contributed by atoms with Crippen molar-refractivity contribution in [1.29, 1.82) is 0 Å². The molecule has 0 unspecified atom stereocenters. The molecule has 0 atom stereocenters. The zero-order valence-electron chi connectivity index (χ0n) is 23.8. The van der Waals surface area contributed by atoms with Gasteiger partial charge in [-0.05, 0) is 54.1 Å². The quantitative estimate of drug-likeness (QED) is 0.0610. The number of nitrogens with zero attached hydrogens (tertiary/aromatic N) is 2. The molecule has 0 aliphatic heterocycles. The molecule has 8 heteroatoms. The number of benzene rings is 3. The molecular weight excluding hydrogens is 522 g/mol. The topological polar surface area (TPSA) is 125 Å². The number of azo groups is 1. The molecule has 0 radical (unpaired) electrons. The molecule has 0 saturated heterocycles. The van der Waals surface area contributed by atoms with E-state index in [4.69, 9.17) is 5.73 Å². The minimum Gasteiger partial charge on any atom is -0.505 e. The van der Waals surface area contributed by atoms with Crippen LogP contribution >= 0.6 is 0 Å². The van der Waals surface area contributed by atoms with Crippen LogP contribution in [0.15, 0.2) is 63.7 Å². The first-order valence-electron chi connectivity index (χ1n) is 14.8. The number of aromatic hydroxyl groups is 1. The maximum Gasteiger partial charge on any atom is 0.296 e. The van der Waals surface area contributed by atoms with Crippen molar-refractivity contribution in [3.05, 3.63) is 54.1 Å². The van der Waals surface area contributed by atoms with E-state index in [9.17, 15) is 18.1 Å². The molecule has 218 valence electrons. The lowest BCUT2D eigenvalue weighted by Gasteiger charge is -2.09. The average Bonchev–Trinajstić information content (AvgIpc) is 2.93. The van der Waals surface area contributed by atoms with E-state index in [2.05, 4.69) is 17.2 Å². The number of hydrogen-bond donors (Lipinski definition) is 3. The van der Waals surface area contributed by atoms with Crippen molar-refractivity contribution < 1.29 is 18.1 Å². The van der Waals surface area contributed by atoms with E-state index in [1.807, 2.05) is 24.3 Å². The highest BCUT2D eigenvalue weighted by Crippen LogP contribution is 2.41. The molecule has 0 aromatic heterocycles. The molecule has 0 heterocycles. The highest BCUT2D eigenvalue weighted by Gasteiger charge is 2.22. The Bertz CT molecular complexity index is 1340. The van der Waals surface area contributed by atoms with Crippen LogP contribution in [0.4, 0.5) is 17.1 Å². The summed E-state index contributed by atoms with van der Waals surface area (Å²) in [6, 6.07) is 13.5. The van der Waals surface area contributed by atoms with Gasteiger partial charge in [0.05, 0.1) is 5.69 Å². The van der Waals surface area contributed by atoms with Crippen LogP contribution in [0.2, 0.25) is 0 Å². The van der Waals surface area contributed by atoms with E-state index in [-0.39, 0.29) is 5.69 Å². The molecule has 3 rings (SSSR count). The van der Waals surface area contributed by atoms with Crippen LogP contribution in [-0.4, -0.2) is 18.1 Å². The van der Waals surface area contributed by atoms with E-state index in [1.54, 1.807) is 12.1 Å². The number of fused-ring (bicyclic) bond motifs is 1. The van der Waals surface area contributed by atoms with E-state index in [1.165, 1.54) is 101 Å². The predicted molar refractivity (Wildman–Crippen MR) is 164 cm³/mol. The van der Waals surface area contributed by atoms with Crippen LogP contribution in [0, 0.1) is 0 Å². The van der Waals surface area contributed by atoms with Crippen LogP contribution in [0.1, 0.15) is 102 Å². The molecule has 0 bridgehead atoms. The van der Waals surface area contributed by atoms with Gasteiger partial charge in [0.1, 0.15) is 10.6 Å². The van der Waals surface area contributed by atoms with Crippen molar-refractivity contribution in [2.45, 2.75) is 108 Å². The average molecular weight is 568 g/mol. The second-order valence-corrected chi connectivity index (χ2v) is 12.1. The molecule has 0 aliphatic carbocycles. The standard InChI is InChI=1S/C32H45N3O4S/c1-2-3-4-5-6-7-8-9-10-11-12-13-14-15-16-25-17-21-28(22-18-25)34-35-31-30(40(37,38)39)23-26-19-20-27(33)24-29(26)32(31)36/h17-24,36H,2-16,33H2,1H3,(H,37,38,39). The van der Waals surface area contributed by atoms with Crippen molar-refractivity contribution in [2.75, 3.05) is 5.73 Å². The predicted octanol–water partition coefficient (Wildman–Crippen LogP) is 9.81. The summed E-state index contributed by atoms with van der Waals surface area (Å²) in [6.45, 7) is 2.27. The number of unbranched alkanes of at least 4 members (excludes halogenated alkanes) is 13. The number of anilines is 1. The Morgan fingerprint density at radius 3 is 1.82 bits per heavy atom. The SMILES string of the molecule is CCCCCCCCCCCCCCCCc1ccc(N=Nc2c(S(=O)(=O)O)cc3ccc(N)cc3c2O)cc1. The summed E-state index contributed by atoms with van der Waals surface area (Å²) in [6.07, 6.45) is 19.8. The largest absolute Gasteiger partial charge is 0.505 e. The number of nitrogen functional groups attached to an aromatic ring is 1. The Kier molecular flexibility index (Phi) is 12.9. The first kappa shape index (κ1) is 31.6. The fourth-order valence-electron chi connectivity index (χ4n) is 5.01. The third-order valence-corrected chi connectivity index (χ3v) is 8.24. The van der Waals surface area contributed by atoms with Crippen molar-refractivity contribution in [1.82, 2.24) is 0 Å². The second kappa shape index (κ2) is 16.3. The third kappa shape index (κ3) is 10.2. The highest BCUT2D eigenvalue weighted by molar-refractivity contribution is 7.86. The maximum atomic E-state index is 12.0. The summed E-state index contributed by atoms with van der Waals surface area (Å²) in [4.78, 5) is -0.513. The summed E-state index contributed by atoms with van der Waals surface area (Å²) in [5.74, 6) is -0.407. The van der Waals surface area contributed by atoms with Crippen LogP contribution < -0.4 is 5.73 Å². The minimum atomic E-state index is -4.64. The van der Waals surface area contributed by atoms with Gasteiger partial charge in [0.25, 0.3) is 10.1 Å². The smallest absolute Gasteiger partial charge is 0.296 e. The number of phenolic OH excluding ortho intramolecular Hbond substituents is 1. The zero-order valence-corrected chi connectivity index (χ0v) is 24.6. The van der Waals surface area contributed by atoms with Gasteiger partial charge in [-0.25, -0.2) is 0 Å². The summed E-state index contributed by atoms with van der Waals surface area (Å²) in [7, 11) is -4.64. The number of aryl methyl sites for hydroxylation is 1. The summed E-state index contributed by atoms with van der Waals surface area (Å²) in [5, 5.41) is 19.5. The van der Waals surface area contributed by atoms with Gasteiger partial charge in [0, 0.05) is 11.1 Å². The van der Waals surface area contributed by atoms with Crippen LogP contribution in [0.5, 0.6) is 5.75 Å². The molecule has 40 heavy (non-hydrogen) atoms. The molecule has 3 aromatic rings. The number of nitrogens with two attached hydrogens (primary N) is 1. The minimum absolute atomic E-state index is 0.324. The lowest BCUT2D eigenvalue weighted by Crippen LogP contribution is -1.99. The van der Waals surface area contributed by atoms with Gasteiger partial charge < -0.3 is 10.8 Å². The number of rotatable bonds is 18. The van der Waals surface area contributed by atoms with Gasteiger partial charge in [0.2, 0.25) is 0 Å². The van der Waals surface area contributed by atoms with Gasteiger partial charge in [0.15, 0.2) is 5.75 Å². The van der Waals surface area contributed by atoms with Crippen molar-refractivity contribution in [3.8, 4) is 5.75 Å². The first-order chi connectivity index (χ1) is 19.3. The van der Waals surface area contributed by atoms with Gasteiger partial charge in [-0.2, -0.15) is 13.5 Å². The molecule has 0 saturated carbocycles. The Morgan fingerprint density at radius 1 is 0.725 bits per heavy atom. The van der Waals surface area contributed by atoms with E-state index >= 15 is 0 Å². The molecule has 3 aromatic carbocycles. The molecular formula is C32H45N3O4S. The Morgan fingerprint density at radius 2 is 1.27 bits per heavy atom. The molecule has 0 amide bonds. The molecule has 0 spiro atoms. The second-order valence-electron chi connectivity index (χ2n) is 10.7. The summed E-state index contributed by atoms with van der Waals surface area (Å²) >= 11 is 0. The van der Waals surface area contributed by atoms with Crippen LogP contribution in [0.3, 0.4) is 0 Å². The first-order valence-corrected chi connectivity index (χ1v) is 16.3. The van der Waals surface area contributed by atoms with Crippen LogP contribution in [-0.2, 0) is 16.5 Å². The van der Waals surface area contributed by atoms with Crippen molar-refractivity contribution >= 4 is 38.0 Å². The van der Waals surface area contributed by atoms with Crippen LogP contribution in [0.25, 0.3) is 10.8 Å². The summed E-state index contributed by atoms with van der Waals surface area (Å²) in [5.41, 5.74) is 7.61. The zero-order chi connectivity index (χ0) is 28.8. The van der Waals surface area contributed by atoms with Gasteiger partial charge in [-0.15, -0.1) is 5.11 Å². The highest BCUT2D eigenvalue weighted by atomic mass is 32.2. The molecule has 0 fully saturated rings. The lowest BCUT2D eigenvalue weighted by atomic mass is 10.0. The van der Waals surface area contributed by atoms with Gasteiger partial charge >= 0.3 is 0 Å². The van der Waals surface area contributed by atoms with Gasteiger partial charge in [-0.1, -0.05) is 109 Å². The molecule has 0 aliphatic rings. The molecule has 7 nitrogen and oxygen atoms in total. The Balaban J connectivity index is 1.42. The molecule has 4 N–H and O–H groups in total. The number of hydrogen-bond acceptors (Lipinski definition) is 6. The van der Waals surface area contributed by atoms with E-state index in [0.29, 0.717) is 22.1 Å². The Labute approximate surface area is 239 Å². The number of phenols is 1. The monoisotopic (exact) mass is 567 g/mol. The Hall–Kier alpha value is -2.97. The lowest BCUT2D eigenvalue weighted by molar-refractivity contribution is 0.472. The fraction of sp³-hybridized carbons (Fsp3) is 0.500. The third-order valence-electron chi connectivity index (χ3n) is 7.38. The normalized spacial score (nSPS) is 12.1. The van der Waals surface area contributed by atoms with E-state index < -0.39 is 20.8 Å². The summed E-state index contributed by atoms with van der Waals surface area (Å²) < 4.78 is 33.6. The van der Waals surface area contributed by atoms with Crippen molar-refractivity contribution in [3.63, 3.8) is 0 Å².